The molecule has 0 aliphatic rings. The lowest BCUT2D eigenvalue weighted by molar-refractivity contribution is 0.657. The van der Waals surface area contributed by atoms with Gasteiger partial charge >= 0.3 is 0 Å². The Hall–Kier alpha value is -4.73. The molecule has 7 rings (SSSR count). The van der Waals surface area contributed by atoms with Gasteiger partial charge in [-0.1, -0.05) is 30.3 Å². The monoisotopic (exact) mass is 531 g/mol. The average molecular weight is 532 g/mol. The van der Waals surface area contributed by atoms with Gasteiger partial charge in [-0.2, -0.15) is 9.49 Å². The van der Waals surface area contributed by atoms with E-state index in [2.05, 4.69) is 59.7 Å². The van der Waals surface area contributed by atoms with Gasteiger partial charge in [0.1, 0.15) is 0 Å². The second-order valence-corrected chi connectivity index (χ2v) is 10.3. The summed E-state index contributed by atoms with van der Waals surface area (Å²) in [6.07, 6.45) is 7.29. The molecule has 0 radical (unpaired) electrons. The number of aromatic amines is 2. The third-order valence-corrected chi connectivity index (χ3v) is 7.54. The second kappa shape index (κ2) is 9.86. The third kappa shape index (κ3) is 4.58. The maximum Gasteiger partial charge on any atom is 0.181 e. The molecule has 6 aromatic heterocycles. The van der Waals surface area contributed by atoms with Gasteiger partial charge in [0, 0.05) is 65.3 Å². The molecule has 9 heteroatoms. The Kier molecular flexibility index (Phi) is 5.92. The SMILES string of the molecule is Fc1ccc(-c2nccc3[nH]c(-c4[nH]nc5ncc(-c6cncc(CNCc7ccccc7)c6)cc45)cc23)s1. The predicted octanol–water partition coefficient (Wildman–Crippen LogP) is 6.72. The number of hydrogen-bond acceptors (Lipinski definition) is 6. The Labute approximate surface area is 226 Å². The van der Waals surface area contributed by atoms with Crippen molar-refractivity contribution >= 4 is 33.3 Å². The van der Waals surface area contributed by atoms with Gasteiger partial charge in [0.15, 0.2) is 10.8 Å². The number of thiophene rings is 1. The van der Waals surface area contributed by atoms with Gasteiger partial charge in [0.25, 0.3) is 0 Å². The molecule has 1 aromatic carbocycles. The molecule has 0 aliphatic carbocycles. The molecule has 0 bridgehead atoms. The molecule has 190 valence electrons. The topological polar surface area (TPSA) is 95.2 Å². The normalized spacial score (nSPS) is 11.5. The first-order valence-corrected chi connectivity index (χ1v) is 13.3. The minimum absolute atomic E-state index is 0.233. The zero-order valence-corrected chi connectivity index (χ0v) is 21.5. The number of halogens is 1. The van der Waals surface area contributed by atoms with Gasteiger partial charge in [-0.3, -0.25) is 15.1 Å². The summed E-state index contributed by atoms with van der Waals surface area (Å²) >= 11 is 1.09. The zero-order chi connectivity index (χ0) is 26.2. The van der Waals surface area contributed by atoms with Crippen LogP contribution >= 0.6 is 11.3 Å². The summed E-state index contributed by atoms with van der Waals surface area (Å²) in [7, 11) is 0. The molecule has 0 atom stereocenters. The fraction of sp³-hybridized carbons (Fsp3) is 0.0667. The predicted molar refractivity (Wildman–Crippen MR) is 152 cm³/mol. The number of pyridine rings is 3. The summed E-state index contributed by atoms with van der Waals surface area (Å²) in [6, 6.07) is 21.7. The lowest BCUT2D eigenvalue weighted by Crippen LogP contribution is -2.12. The molecule has 0 aliphatic heterocycles. The number of rotatable bonds is 7. The van der Waals surface area contributed by atoms with Crippen molar-refractivity contribution < 1.29 is 4.39 Å². The van der Waals surface area contributed by atoms with E-state index in [9.17, 15) is 4.39 Å². The lowest BCUT2D eigenvalue weighted by atomic mass is 10.1. The number of aromatic nitrogens is 6. The zero-order valence-electron chi connectivity index (χ0n) is 20.6. The van der Waals surface area contributed by atoms with Crippen molar-refractivity contribution in [1.29, 1.82) is 0 Å². The van der Waals surface area contributed by atoms with Crippen LogP contribution < -0.4 is 5.32 Å². The highest BCUT2D eigenvalue weighted by atomic mass is 32.1. The van der Waals surface area contributed by atoms with Crippen molar-refractivity contribution in [3.05, 3.63) is 108 Å². The van der Waals surface area contributed by atoms with E-state index in [1.165, 1.54) is 11.6 Å². The summed E-state index contributed by atoms with van der Waals surface area (Å²) in [5.41, 5.74) is 8.24. The Morgan fingerprint density at radius 3 is 2.56 bits per heavy atom. The minimum atomic E-state index is -0.233. The van der Waals surface area contributed by atoms with Crippen LogP contribution in [0, 0.1) is 5.13 Å². The van der Waals surface area contributed by atoms with Crippen molar-refractivity contribution in [2.75, 3.05) is 0 Å². The van der Waals surface area contributed by atoms with Crippen molar-refractivity contribution in [2.24, 2.45) is 0 Å². The first kappa shape index (κ1) is 23.4. The quantitative estimate of drug-likeness (QED) is 0.212. The molecule has 7 nitrogen and oxygen atoms in total. The summed E-state index contributed by atoms with van der Waals surface area (Å²) in [6.45, 7) is 1.50. The van der Waals surface area contributed by atoms with Crippen molar-refractivity contribution in [1.82, 2.24) is 35.5 Å². The second-order valence-electron chi connectivity index (χ2n) is 9.27. The van der Waals surface area contributed by atoms with E-state index in [0.717, 1.165) is 72.8 Å². The molecule has 0 saturated carbocycles. The molecule has 0 amide bonds. The number of benzene rings is 1. The number of nitrogens with one attached hydrogen (secondary N) is 3. The van der Waals surface area contributed by atoms with Crippen LogP contribution in [0.5, 0.6) is 0 Å². The number of nitrogens with zero attached hydrogens (tertiary/aromatic N) is 4. The van der Waals surface area contributed by atoms with E-state index in [4.69, 9.17) is 0 Å². The van der Waals surface area contributed by atoms with Gasteiger partial charge < -0.3 is 10.3 Å². The molecule has 6 heterocycles. The molecule has 7 aromatic rings. The van der Waals surface area contributed by atoms with E-state index >= 15 is 0 Å². The Bertz CT molecular complexity index is 1920. The van der Waals surface area contributed by atoms with Crippen LogP contribution in [0.1, 0.15) is 11.1 Å². The van der Waals surface area contributed by atoms with Gasteiger partial charge in [-0.25, -0.2) is 4.98 Å². The first-order valence-electron chi connectivity index (χ1n) is 12.5. The maximum absolute atomic E-state index is 13.7. The largest absolute Gasteiger partial charge is 0.353 e. The van der Waals surface area contributed by atoms with Gasteiger partial charge in [-0.15, -0.1) is 11.3 Å². The number of hydrogen-bond donors (Lipinski definition) is 3. The van der Waals surface area contributed by atoms with Gasteiger partial charge in [-0.05, 0) is 47.5 Å². The van der Waals surface area contributed by atoms with Crippen LogP contribution in [0.15, 0.2) is 91.5 Å². The fourth-order valence-corrected chi connectivity index (χ4v) is 5.52. The third-order valence-electron chi connectivity index (χ3n) is 6.66. The van der Waals surface area contributed by atoms with Crippen LogP contribution in [0.25, 0.3) is 55.0 Å². The van der Waals surface area contributed by atoms with Crippen molar-refractivity contribution in [3.8, 4) is 33.1 Å². The molecular formula is C30H22FN7S. The Morgan fingerprint density at radius 2 is 1.69 bits per heavy atom. The molecule has 0 saturated heterocycles. The van der Waals surface area contributed by atoms with E-state index in [1.54, 1.807) is 12.3 Å². The summed E-state index contributed by atoms with van der Waals surface area (Å²) in [5, 5.41) is 12.6. The van der Waals surface area contributed by atoms with Crippen LogP contribution in [-0.4, -0.2) is 30.1 Å². The van der Waals surface area contributed by atoms with E-state index in [0.29, 0.717) is 12.2 Å². The van der Waals surface area contributed by atoms with Crippen LogP contribution in [-0.2, 0) is 13.1 Å². The van der Waals surface area contributed by atoms with Crippen LogP contribution in [0.4, 0.5) is 4.39 Å². The highest BCUT2D eigenvalue weighted by Crippen LogP contribution is 2.35. The Balaban J connectivity index is 1.20. The Morgan fingerprint density at radius 1 is 0.821 bits per heavy atom. The smallest absolute Gasteiger partial charge is 0.181 e. The van der Waals surface area contributed by atoms with E-state index in [1.807, 2.05) is 48.9 Å². The summed E-state index contributed by atoms with van der Waals surface area (Å²) in [5.74, 6) is 0. The lowest BCUT2D eigenvalue weighted by Gasteiger charge is -2.07. The fourth-order valence-electron chi connectivity index (χ4n) is 4.78. The minimum Gasteiger partial charge on any atom is -0.353 e. The van der Waals surface area contributed by atoms with Crippen LogP contribution in [0.2, 0.25) is 0 Å². The van der Waals surface area contributed by atoms with Gasteiger partial charge in [0.2, 0.25) is 0 Å². The van der Waals surface area contributed by atoms with Crippen molar-refractivity contribution in [2.45, 2.75) is 13.1 Å². The van der Waals surface area contributed by atoms with E-state index in [-0.39, 0.29) is 5.13 Å². The summed E-state index contributed by atoms with van der Waals surface area (Å²) in [4.78, 5) is 17.8. The molecule has 0 unspecified atom stereocenters. The van der Waals surface area contributed by atoms with Crippen LogP contribution in [0.3, 0.4) is 0 Å². The van der Waals surface area contributed by atoms with Gasteiger partial charge in [0.05, 0.1) is 22.0 Å². The maximum atomic E-state index is 13.7. The highest BCUT2D eigenvalue weighted by molar-refractivity contribution is 7.13. The molecule has 0 fully saturated rings. The van der Waals surface area contributed by atoms with Crippen molar-refractivity contribution in [3.63, 3.8) is 0 Å². The highest BCUT2D eigenvalue weighted by Gasteiger charge is 2.16. The van der Waals surface area contributed by atoms with E-state index < -0.39 is 0 Å². The molecular weight excluding hydrogens is 509 g/mol. The molecule has 3 N–H and O–H groups in total. The first-order chi connectivity index (χ1) is 19.2. The summed E-state index contributed by atoms with van der Waals surface area (Å²) < 4.78 is 13.7. The number of fused-ring (bicyclic) bond motifs is 2. The molecule has 39 heavy (non-hydrogen) atoms. The molecule has 0 spiro atoms. The average Bonchev–Trinajstić information content (AvgIpc) is 3.71. The standard InChI is InChI=1S/C30H22FN7S/c31-27-7-6-26(39-27)29-22-12-25(36-24(22)8-9-34-29)28-23-11-21(17-35-30(23)38-37-28)20-10-19(15-33-16-20)14-32-13-18-4-2-1-3-5-18/h1-12,15-17,32,36H,13-14H2,(H,35,37,38). The number of H-pyrrole nitrogens is 2.